The second-order valence-electron chi connectivity index (χ2n) is 6.94. The molecule has 6 nitrogen and oxygen atoms in total. The van der Waals surface area contributed by atoms with Crippen LogP contribution in [0, 0.1) is 6.92 Å². The fourth-order valence-corrected chi connectivity index (χ4v) is 4.56. The maximum absolute atomic E-state index is 12.8. The topological polar surface area (TPSA) is 83.6 Å². The standard InChI is InChI=1S/C23H18N2O4S2/c1-14-17(12-24-13-18(14)22(27)28)19-8-7-16(29-19)11-20-21(26)25(23(30)31-20)10-9-15-5-3-2-4-6-15/h2-8,11-13H,9-10H2,1H3,(H,27,28)/b20-11-. The molecule has 0 bridgehead atoms. The van der Waals surface area contributed by atoms with Gasteiger partial charge in [-0.1, -0.05) is 54.3 Å². The van der Waals surface area contributed by atoms with Crippen molar-refractivity contribution in [2.24, 2.45) is 0 Å². The average molecular weight is 451 g/mol. The Kier molecular flexibility index (Phi) is 6.01. The van der Waals surface area contributed by atoms with E-state index >= 15 is 0 Å². The molecule has 156 valence electrons. The van der Waals surface area contributed by atoms with Gasteiger partial charge in [0.15, 0.2) is 0 Å². The van der Waals surface area contributed by atoms with Crippen LogP contribution in [-0.4, -0.2) is 37.7 Å². The second kappa shape index (κ2) is 8.87. The van der Waals surface area contributed by atoms with Crippen molar-refractivity contribution < 1.29 is 19.1 Å². The number of aromatic nitrogens is 1. The van der Waals surface area contributed by atoms with Crippen molar-refractivity contribution in [3.8, 4) is 11.3 Å². The van der Waals surface area contributed by atoms with Crippen molar-refractivity contribution in [2.45, 2.75) is 13.3 Å². The molecule has 1 N–H and O–H groups in total. The number of hydrogen-bond acceptors (Lipinski definition) is 6. The van der Waals surface area contributed by atoms with Gasteiger partial charge in [-0.15, -0.1) is 0 Å². The van der Waals surface area contributed by atoms with Crippen LogP contribution in [0.2, 0.25) is 0 Å². The van der Waals surface area contributed by atoms with Gasteiger partial charge in [-0.2, -0.15) is 0 Å². The zero-order valence-corrected chi connectivity index (χ0v) is 18.2. The van der Waals surface area contributed by atoms with Crippen LogP contribution < -0.4 is 0 Å². The molecule has 4 rings (SSSR count). The van der Waals surface area contributed by atoms with E-state index in [0.717, 1.165) is 12.0 Å². The summed E-state index contributed by atoms with van der Waals surface area (Å²) in [5.41, 5.74) is 2.42. The van der Waals surface area contributed by atoms with E-state index in [1.807, 2.05) is 30.3 Å². The van der Waals surface area contributed by atoms with Crippen molar-refractivity contribution in [1.29, 1.82) is 0 Å². The molecule has 1 aliphatic rings. The van der Waals surface area contributed by atoms with Crippen molar-refractivity contribution in [1.82, 2.24) is 9.88 Å². The first kappa shape index (κ1) is 21.0. The van der Waals surface area contributed by atoms with Crippen LogP contribution >= 0.6 is 24.0 Å². The van der Waals surface area contributed by atoms with Crippen LogP contribution in [0.15, 0.2) is 64.2 Å². The molecule has 1 amide bonds. The van der Waals surface area contributed by atoms with Crippen LogP contribution in [-0.2, 0) is 11.2 Å². The number of carbonyl (C=O) groups excluding carboxylic acids is 1. The Morgan fingerprint density at radius 1 is 1.23 bits per heavy atom. The molecule has 2 aromatic heterocycles. The molecule has 0 spiro atoms. The molecule has 0 aliphatic carbocycles. The van der Waals surface area contributed by atoms with Crippen molar-refractivity contribution in [2.75, 3.05) is 6.54 Å². The molecule has 1 aliphatic heterocycles. The zero-order valence-electron chi connectivity index (χ0n) is 16.6. The minimum atomic E-state index is -1.04. The van der Waals surface area contributed by atoms with Crippen LogP contribution in [0.25, 0.3) is 17.4 Å². The molecule has 3 aromatic rings. The smallest absolute Gasteiger partial charge is 0.337 e. The van der Waals surface area contributed by atoms with Gasteiger partial charge in [0.25, 0.3) is 5.91 Å². The lowest BCUT2D eigenvalue weighted by Gasteiger charge is -2.14. The maximum atomic E-state index is 12.8. The molecule has 0 atom stereocenters. The predicted molar refractivity (Wildman–Crippen MR) is 124 cm³/mol. The number of thiocarbonyl (C=S) groups is 1. The largest absolute Gasteiger partial charge is 0.478 e. The molecule has 1 saturated heterocycles. The van der Waals surface area contributed by atoms with Gasteiger partial charge in [0.1, 0.15) is 15.8 Å². The highest BCUT2D eigenvalue weighted by molar-refractivity contribution is 8.26. The third-order valence-electron chi connectivity index (χ3n) is 4.95. The Morgan fingerprint density at radius 3 is 2.74 bits per heavy atom. The number of aromatic carboxylic acids is 1. The number of furan rings is 1. The van der Waals surface area contributed by atoms with Gasteiger partial charge in [-0.25, -0.2) is 4.79 Å². The normalized spacial score (nSPS) is 15.1. The number of carboxylic acids is 1. The number of rotatable bonds is 6. The minimum absolute atomic E-state index is 0.120. The third kappa shape index (κ3) is 4.45. The van der Waals surface area contributed by atoms with Gasteiger partial charge >= 0.3 is 5.97 Å². The van der Waals surface area contributed by atoms with Crippen molar-refractivity contribution in [3.05, 3.63) is 82.2 Å². The summed E-state index contributed by atoms with van der Waals surface area (Å²) in [6.07, 6.45) is 5.26. The highest BCUT2D eigenvalue weighted by atomic mass is 32.2. The number of carbonyl (C=O) groups is 2. The maximum Gasteiger partial charge on any atom is 0.337 e. The van der Waals surface area contributed by atoms with E-state index < -0.39 is 5.97 Å². The number of benzene rings is 1. The van der Waals surface area contributed by atoms with E-state index in [1.165, 1.54) is 18.0 Å². The van der Waals surface area contributed by atoms with Crippen LogP contribution in [0.1, 0.15) is 27.2 Å². The lowest BCUT2D eigenvalue weighted by molar-refractivity contribution is -0.122. The number of amides is 1. The quantitative estimate of drug-likeness (QED) is 0.427. The average Bonchev–Trinajstić information content (AvgIpc) is 3.32. The van der Waals surface area contributed by atoms with Crippen molar-refractivity contribution >= 4 is 46.3 Å². The number of thioether (sulfide) groups is 1. The van der Waals surface area contributed by atoms with Crippen LogP contribution in [0.3, 0.4) is 0 Å². The van der Waals surface area contributed by atoms with E-state index in [1.54, 1.807) is 36.2 Å². The molecule has 0 saturated carbocycles. The number of nitrogens with zero attached hydrogens (tertiary/aromatic N) is 2. The van der Waals surface area contributed by atoms with Crippen molar-refractivity contribution in [3.63, 3.8) is 0 Å². The van der Waals surface area contributed by atoms with Gasteiger partial charge in [-0.05, 0) is 36.6 Å². The Bertz CT molecular complexity index is 1200. The summed E-state index contributed by atoms with van der Waals surface area (Å²) in [7, 11) is 0. The summed E-state index contributed by atoms with van der Waals surface area (Å²) < 4.78 is 6.38. The van der Waals surface area contributed by atoms with Crippen LogP contribution in [0.5, 0.6) is 0 Å². The lowest BCUT2D eigenvalue weighted by atomic mass is 10.0. The van der Waals surface area contributed by atoms with E-state index in [0.29, 0.717) is 38.4 Å². The number of pyridine rings is 1. The number of hydrogen-bond donors (Lipinski definition) is 1. The summed E-state index contributed by atoms with van der Waals surface area (Å²) >= 11 is 6.64. The molecule has 8 heteroatoms. The Labute approximate surface area is 188 Å². The monoisotopic (exact) mass is 450 g/mol. The van der Waals surface area contributed by atoms with Gasteiger partial charge in [0, 0.05) is 30.6 Å². The van der Waals surface area contributed by atoms with E-state index in [2.05, 4.69) is 4.98 Å². The van der Waals surface area contributed by atoms with E-state index in [-0.39, 0.29) is 11.5 Å². The summed E-state index contributed by atoms with van der Waals surface area (Å²) in [4.78, 5) is 30.3. The highest BCUT2D eigenvalue weighted by Crippen LogP contribution is 2.34. The summed E-state index contributed by atoms with van der Waals surface area (Å²) in [5, 5.41) is 9.29. The minimum Gasteiger partial charge on any atom is -0.478 e. The molecular formula is C23H18N2O4S2. The van der Waals surface area contributed by atoms with E-state index in [9.17, 15) is 14.7 Å². The fourth-order valence-electron chi connectivity index (χ4n) is 3.27. The fraction of sp³-hybridized carbons (Fsp3) is 0.130. The zero-order chi connectivity index (χ0) is 22.0. The molecule has 1 aromatic carbocycles. The summed E-state index contributed by atoms with van der Waals surface area (Å²) in [6, 6.07) is 13.4. The Balaban J connectivity index is 1.52. The predicted octanol–water partition coefficient (Wildman–Crippen LogP) is 4.79. The Hall–Kier alpha value is -3.23. The molecule has 0 radical (unpaired) electrons. The first-order valence-corrected chi connectivity index (χ1v) is 10.7. The summed E-state index contributed by atoms with van der Waals surface area (Å²) in [6.45, 7) is 2.22. The molecule has 31 heavy (non-hydrogen) atoms. The SMILES string of the molecule is Cc1c(C(=O)O)cncc1-c1ccc(/C=C2\SC(=S)N(CCc3ccccc3)C2=O)o1. The molecular weight excluding hydrogens is 432 g/mol. The molecule has 0 unspecified atom stereocenters. The first-order chi connectivity index (χ1) is 14.9. The first-order valence-electron chi connectivity index (χ1n) is 9.51. The van der Waals surface area contributed by atoms with E-state index in [4.69, 9.17) is 16.6 Å². The van der Waals surface area contributed by atoms with Crippen LogP contribution in [0.4, 0.5) is 0 Å². The molecule has 3 heterocycles. The molecule has 1 fully saturated rings. The van der Waals surface area contributed by atoms with Gasteiger partial charge < -0.3 is 9.52 Å². The summed E-state index contributed by atoms with van der Waals surface area (Å²) in [5.74, 6) is -0.218. The van der Waals surface area contributed by atoms with Gasteiger partial charge in [0.2, 0.25) is 0 Å². The second-order valence-corrected chi connectivity index (χ2v) is 8.61. The number of carboxylic acid groups (broad SMARTS) is 1. The third-order valence-corrected chi connectivity index (χ3v) is 6.33. The Morgan fingerprint density at radius 2 is 2.00 bits per heavy atom. The lowest BCUT2D eigenvalue weighted by Crippen LogP contribution is -2.30. The highest BCUT2D eigenvalue weighted by Gasteiger charge is 2.32. The van der Waals surface area contributed by atoms with Gasteiger partial charge in [0.05, 0.1) is 10.5 Å². The van der Waals surface area contributed by atoms with Gasteiger partial charge in [-0.3, -0.25) is 14.7 Å².